The minimum Gasteiger partial charge on any atom is -0.395 e. The fourth-order valence-corrected chi connectivity index (χ4v) is 2.36. The van der Waals surface area contributed by atoms with Gasteiger partial charge in [-0.1, -0.05) is 23.4 Å². The zero-order valence-corrected chi connectivity index (χ0v) is 12.3. The molecule has 0 bridgehead atoms. The molecule has 0 aliphatic carbocycles. The van der Waals surface area contributed by atoms with E-state index in [4.69, 9.17) is 16.7 Å². The molecule has 1 aromatic carbocycles. The first-order valence-electron chi connectivity index (χ1n) is 6.88. The van der Waals surface area contributed by atoms with Crippen molar-refractivity contribution in [2.75, 3.05) is 11.5 Å². The average Bonchev–Trinajstić information content (AvgIpc) is 2.62. The highest BCUT2D eigenvalue weighted by Crippen LogP contribution is 2.28. The molecule has 1 heterocycles. The zero-order valence-electron chi connectivity index (χ0n) is 11.6. The van der Waals surface area contributed by atoms with Gasteiger partial charge in [0.15, 0.2) is 0 Å². The molecule has 1 saturated heterocycles. The molecular weight excluding hydrogens is 290 g/mol. The van der Waals surface area contributed by atoms with Gasteiger partial charge in [-0.3, -0.25) is 9.59 Å². The second-order valence-corrected chi connectivity index (χ2v) is 5.20. The molecule has 0 unspecified atom stereocenters. The molecule has 0 spiro atoms. The van der Waals surface area contributed by atoms with E-state index in [1.54, 1.807) is 18.2 Å². The van der Waals surface area contributed by atoms with Crippen LogP contribution < -0.4 is 4.90 Å². The molecule has 0 aromatic heterocycles. The van der Waals surface area contributed by atoms with E-state index in [2.05, 4.69) is 11.8 Å². The van der Waals surface area contributed by atoms with Crippen LogP contribution in [-0.2, 0) is 9.59 Å². The number of amides is 2. The number of nitrogens with zero attached hydrogens (tertiary/aromatic N) is 1. The normalized spacial score (nSPS) is 15.4. The lowest BCUT2D eigenvalue weighted by molar-refractivity contribution is -0.125. The van der Waals surface area contributed by atoms with Crippen LogP contribution in [0.4, 0.5) is 5.69 Å². The topological polar surface area (TPSA) is 57.6 Å². The van der Waals surface area contributed by atoms with Gasteiger partial charge in [-0.05, 0) is 31.0 Å². The summed E-state index contributed by atoms with van der Waals surface area (Å²) in [6.45, 7) is -0.0303. The Balaban J connectivity index is 2.45. The summed E-state index contributed by atoms with van der Waals surface area (Å²) in [4.78, 5) is 25.6. The van der Waals surface area contributed by atoms with Crippen LogP contribution in [0.25, 0.3) is 0 Å². The number of hydrogen-bond acceptors (Lipinski definition) is 3. The Morgan fingerprint density at radius 2 is 1.86 bits per heavy atom. The van der Waals surface area contributed by atoms with Gasteiger partial charge in [0.2, 0.25) is 11.8 Å². The summed E-state index contributed by atoms with van der Waals surface area (Å²) in [5, 5.41) is 9.23. The number of anilines is 1. The number of hydrogen-bond donors (Lipinski definition) is 1. The van der Waals surface area contributed by atoms with Gasteiger partial charge in [-0.15, -0.1) is 0 Å². The lowest BCUT2D eigenvalue weighted by Crippen LogP contribution is -2.35. The van der Waals surface area contributed by atoms with E-state index >= 15 is 0 Å². The molecule has 1 aliphatic heterocycles. The third-order valence-electron chi connectivity index (χ3n) is 3.19. The van der Waals surface area contributed by atoms with E-state index in [0.717, 1.165) is 0 Å². The van der Waals surface area contributed by atoms with Gasteiger partial charge in [-0.25, -0.2) is 4.90 Å². The number of rotatable bonds is 2. The van der Waals surface area contributed by atoms with Crippen LogP contribution in [0.3, 0.4) is 0 Å². The third-order valence-corrected chi connectivity index (χ3v) is 3.43. The minimum absolute atomic E-state index is 0.0303. The van der Waals surface area contributed by atoms with Crippen molar-refractivity contribution in [2.24, 2.45) is 0 Å². The van der Waals surface area contributed by atoms with Crippen LogP contribution in [-0.4, -0.2) is 23.5 Å². The molecule has 4 nitrogen and oxygen atoms in total. The van der Waals surface area contributed by atoms with Gasteiger partial charge in [-0.2, -0.15) is 0 Å². The van der Waals surface area contributed by atoms with Crippen molar-refractivity contribution in [1.82, 2.24) is 0 Å². The Morgan fingerprint density at radius 3 is 2.48 bits per heavy atom. The van der Waals surface area contributed by atoms with Gasteiger partial charge in [0.25, 0.3) is 0 Å². The number of carbonyl (C=O) groups excluding carboxylic acids is 2. The number of imide groups is 1. The second-order valence-electron chi connectivity index (χ2n) is 4.77. The summed E-state index contributed by atoms with van der Waals surface area (Å²) in [7, 11) is 0. The van der Waals surface area contributed by atoms with Crippen molar-refractivity contribution in [1.29, 1.82) is 0 Å². The highest BCUT2D eigenvalue weighted by molar-refractivity contribution is 6.31. The summed E-state index contributed by atoms with van der Waals surface area (Å²) >= 11 is 6.00. The van der Waals surface area contributed by atoms with Crippen molar-refractivity contribution >= 4 is 29.1 Å². The fourth-order valence-electron chi connectivity index (χ4n) is 2.19. The molecule has 21 heavy (non-hydrogen) atoms. The van der Waals surface area contributed by atoms with E-state index in [1.165, 1.54) is 4.90 Å². The quantitative estimate of drug-likeness (QED) is 0.674. The number of carbonyl (C=O) groups is 2. The van der Waals surface area contributed by atoms with Crippen LogP contribution in [0.15, 0.2) is 18.2 Å². The Bertz CT molecular complexity index is 598. The van der Waals surface area contributed by atoms with E-state index in [-0.39, 0.29) is 18.4 Å². The first-order valence-corrected chi connectivity index (χ1v) is 7.26. The highest BCUT2D eigenvalue weighted by Gasteiger charge is 2.27. The number of aliphatic hydroxyl groups is 1. The summed E-state index contributed by atoms with van der Waals surface area (Å²) in [5.41, 5.74) is 1.00. The Kier molecular flexibility index (Phi) is 5.38. The van der Waals surface area contributed by atoms with E-state index < -0.39 is 0 Å². The maximum absolute atomic E-state index is 12.2. The maximum atomic E-state index is 12.2. The molecule has 1 N–H and O–H groups in total. The molecule has 110 valence electrons. The predicted molar refractivity (Wildman–Crippen MR) is 81.0 cm³/mol. The zero-order chi connectivity index (χ0) is 15.2. The molecule has 0 radical (unpaired) electrons. The van der Waals surface area contributed by atoms with Crippen molar-refractivity contribution in [2.45, 2.75) is 32.1 Å². The van der Waals surface area contributed by atoms with Gasteiger partial charge in [0.05, 0.1) is 12.3 Å². The third kappa shape index (κ3) is 3.84. The van der Waals surface area contributed by atoms with Crippen LogP contribution in [0.1, 0.15) is 37.7 Å². The Morgan fingerprint density at radius 1 is 1.19 bits per heavy atom. The van der Waals surface area contributed by atoms with E-state index in [1.807, 2.05) is 0 Å². The molecule has 1 aromatic rings. The first kappa shape index (κ1) is 15.6. The number of benzene rings is 1. The van der Waals surface area contributed by atoms with Gasteiger partial charge < -0.3 is 5.11 Å². The van der Waals surface area contributed by atoms with Crippen LogP contribution in [0.2, 0.25) is 5.02 Å². The van der Waals surface area contributed by atoms with Crippen molar-refractivity contribution in [3.8, 4) is 11.8 Å². The lowest BCUT2D eigenvalue weighted by Gasteiger charge is -2.20. The maximum Gasteiger partial charge on any atom is 0.233 e. The molecule has 2 rings (SSSR count). The lowest BCUT2D eigenvalue weighted by atomic mass is 10.1. The molecule has 0 atom stereocenters. The van der Waals surface area contributed by atoms with Crippen LogP contribution in [0.5, 0.6) is 0 Å². The minimum atomic E-state index is -0.218. The summed E-state index contributed by atoms with van der Waals surface area (Å²) < 4.78 is 0. The molecule has 5 heteroatoms. The summed E-state index contributed by atoms with van der Waals surface area (Å²) in [5.74, 6) is 5.25. The smallest absolute Gasteiger partial charge is 0.233 e. The first-order chi connectivity index (χ1) is 10.1. The van der Waals surface area contributed by atoms with Crippen molar-refractivity contribution in [3.63, 3.8) is 0 Å². The number of halogens is 1. The van der Waals surface area contributed by atoms with Gasteiger partial charge >= 0.3 is 0 Å². The van der Waals surface area contributed by atoms with Gasteiger partial charge in [0, 0.05) is 29.8 Å². The van der Waals surface area contributed by atoms with Crippen LogP contribution >= 0.6 is 11.6 Å². The monoisotopic (exact) mass is 305 g/mol. The molecule has 1 aliphatic rings. The molecule has 0 saturated carbocycles. The second kappa shape index (κ2) is 7.26. The standard InChI is InChI=1S/C16H16ClNO3/c17-13-9-8-12(5-3-4-10-19)14(11-13)18-15(20)6-1-2-7-16(18)21/h8-9,11,19H,1-2,4,6-7,10H2. The Labute approximate surface area is 128 Å². The molecule has 2 amide bonds. The van der Waals surface area contributed by atoms with E-state index in [9.17, 15) is 9.59 Å². The number of aliphatic hydroxyl groups excluding tert-OH is 1. The van der Waals surface area contributed by atoms with Gasteiger partial charge in [0.1, 0.15) is 0 Å². The van der Waals surface area contributed by atoms with Crippen LogP contribution in [0, 0.1) is 11.8 Å². The molecular formula is C16H16ClNO3. The fraction of sp³-hybridized carbons (Fsp3) is 0.375. The van der Waals surface area contributed by atoms with Crippen molar-refractivity contribution < 1.29 is 14.7 Å². The van der Waals surface area contributed by atoms with E-state index in [0.29, 0.717) is 48.4 Å². The SMILES string of the molecule is O=C1CCCCC(=O)N1c1cc(Cl)ccc1C#CCCO. The van der Waals surface area contributed by atoms with Crippen molar-refractivity contribution in [3.05, 3.63) is 28.8 Å². The Hall–Kier alpha value is -1.83. The largest absolute Gasteiger partial charge is 0.395 e. The predicted octanol–water partition coefficient (Wildman–Crippen LogP) is 2.51. The average molecular weight is 306 g/mol. The summed E-state index contributed by atoms with van der Waals surface area (Å²) in [6.07, 6.45) is 2.47. The highest BCUT2D eigenvalue weighted by atomic mass is 35.5. The summed E-state index contributed by atoms with van der Waals surface area (Å²) in [6, 6.07) is 4.94. The molecule has 1 fully saturated rings.